The number of carbonyl (C=O) groups excluding carboxylic acids is 1. The number of piperazine rings is 1. The highest BCUT2D eigenvalue weighted by atomic mass is 79.9. The van der Waals surface area contributed by atoms with Gasteiger partial charge in [-0.3, -0.25) is 4.79 Å². The quantitative estimate of drug-likeness (QED) is 0.422. The van der Waals surface area contributed by atoms with Crippen molar-refractivity contribution in [3.05, 3.63) is 58.3 Å². The number of amides is 1. The van der Waals surface area contributed by atoms with E-state index >= 15 is 0 Å². The molecule has 6 heteroatoms. The summed E-state index contributed by atoms with van der Waals surface area (Å²) in [7, 11) is 2.09. The van der Waals surface area contributed by atoms with Gasteiger partial charge in [0.15, 0.2) is 0 Å². The van der Waals surface area contributed by atoms with Gasteiger partial charge in [-0.15, -0.1) is 0 Å². The molecule has 0 saturated carbocycles. The molecule has 1 saturated heterocycles. The number of fused-ring (bicyclic) bond motifs is 1. The minimum absolute atomic E-state index is 0.0520. The summed E-state index contributed by atoms with van der Waals surface area (Å²) in [5.41, 5.74) is 5.69. The molecule has 0 radical (unpaired) electrons. The second kappa shape index (κ2) is 9.51. The second-order valence-corrected chi connectivity index (χ2v) is 9.22. The van der Waals surface area contributed by atoms with Crippen LogP contribution in [-0.2, 0) is 4.79 Å². The van der Waals surface area contributed by atoms with Crippen LogP contribution >= 0.6 is 15.9 Å². The molecule has 1 aromatic heterocycles. The first-order valence-corrected chi connectivity index (χ1v) is 11.8. The minimum atomic E-state index is 0.0520. The highest BCUT2D eigenvalue weighted by molar-refractivity contribution is 9.10. The first kappa shape index (κ1) is 22.6. The molecular formula is C26H29BrN2O3. The molecule has 0 spiro atoms. The Morgan fingerprint density at radius 1 is 1.19 bits per heavy atom. The summed E-state index contributed by atoms with van der Waals surface area (Å²) in [6.07, 6.45) is 3.54. The number of hydrogen-bond acceptors (Lipinski definition) is 4. The first-order chi connectivity index (χ1) is 15.4. The molecule has 0 bridgehead atoms. The molecule has 0 aliphatic carbocycles. The Morgan fingerprint density at radius 3 is 2.53 bits per heavy atom. The van der Waals surface area contributed by atoms with E-state index < -0.39 is 0 Å². The van der Waals surface area contributed by atoms with E-state index in [1.807, 2.05) is 37.8 Å². The van der Waals surface area contributed by atoms with E-state index in [9.17, 15) is 4.79 Å². The molecule has 1 amide bonds. The van der Waals surface area contributed by atoms with E-state index in [0.29, 0.717) is 6.61 Å². The van der Waals surface area contributed by atoms with E-state index in [4.69, 9.17) is 9.15 Å². The maximum atomic E-state index is 12.9. The number of benzene rings is 2. The van der Waals surface area contributed by atoms with E-state index in [-0.39, 0.29) is 5.91 Å². The molecule has 0 unspecified atom stereocenters. The topological polar surface area (TPSA) is 45.9 Å². The number of allylic oxidation sites excluding steroid dienone is 1. The number of rotatable bonds is 5. The molecule has 0 atom stereocenters. The van der Waals surface area contributed by atoms with Crippen LogP contribution in [-0.4, -0.2) is 55.5 Å². The van der Waals surface area contributed by atoms with Crippen molar-refractivity contribution in [2.24, 2.45) is 0 Å². The average molecular weight is 497 g/mol. The standard InChI is InChI=1S/C26H29BrN2O3/c1-5-31-25-18(3)26-22(23(16-32-26)19-6-8-20(27)9-7-19)15-21(25)17(2)14-24(30)29-12-10-28(4)11-13-29/h6-9,14-16H,5,10-13H2,1-4H3/b17-14+. The Bertz CT molecular complexity index is 1160. The Morgan fingerprint density at radius 2 is 1.88 bits per heavy atom. The Hall–Kier alpha value is -2.57. The Kier molecular flexibility index (Phi) is 6.72. The summed E-state index contributed by atoms with van der Waals surface area (Å²) in [5.74, 6) is 0.827. The number of aryl methyl sites for hydroxylation is 1. The summed E-state index contributed by atoms with van der Waals surface area (Å²) in [5, 5.41) is 1.02. The lowest BCUT2D eigenvalue weighted by atomic mass is 9.96. The van der Waals surface area contributed by atoms with Gasteiger partial charge in [-0.1, -0.05) is 28.1 Å². The number of likely N-dealkylation sites (N-methyl/N-ethyl adjacent to an activating group) is 1. The van der Waals surface area contributed by atoms with Crippen molar-refractivity contribution >= 4 is 38.4 Å². The van der Waals surface area contributed by atoms with Crippen LogP contribution in [0, 0.1) is 6.92 Å². The largest absolute Gasteiger partial charge is 0.493 e. The first-order valence-electron chi connectivity index (χ1n) is 11.0. The number of nitrogens with zero attached hydrogens (tertiary/aromatic N) is 2. The van der Waals surface area contributed by atoms with Crippen LogP contribution in [0.25, 0.3) is 27.7 Å². The van der Waals surface area contributed by atoms with Crippen LogP contribution in [0.4, 0.5) is 0 Å². The fourth-order valence-corrected chi connectivity index (χ4v) is 4.44. The summed E-state index contributed by atoms with van der Waals surface area (Å²) >= 11 is 3.50. The number of halogens is 1. The van der Waals surface area contributed by atoms with Gasteiger partial charge in [-0.25, -0.2) is 0 Å². The van der Waals surface area contributed by atoms with E-state index in [1.165, 1.54) is 0 Å². The van der Waals surface area contributed by atoms with Crippen molar-refractivity contribution in [1.29, 1.82) is 0 Å². The summed E-state index contributed by atoms with van der Waals surface area (Å²) in [4.78, 5) is 17.1. The predicted molar refractivity (Wildman–Crippen MR) is 133 cm³/mol. The zero-order valence-corrected chi connectivity index (χ0v) is 20.7. The third-order valence-electron chi connectivity index (χ3n) is 6.07. The predicted octanol–water partition coefficient (Wildman–Crippen LogP) is 5.75. The molecule has 1 aliphatic rings. The van der Waals surface area contributed by atoms with Gasteiger partial charge >= 0.3 is 0 Å². The zero-order chi connectivity index (χ0) is 22.8. The third kappa shape index (κ3) is 4.48. The van der Waals surface area contributed by atoms with Crippen LogP contribution in [0.3, 0.4) is 0 Å². The monoisotopic (exact) mass is 496 g/mol. The minimum Gasteiger partial charge on any atom is -0.493 e. The van der Waals surface area contributed by atoms with Crippen LogP contribution in [0.5, 0.6) is 5.75 Å². The molecule has 5 nitrogen and oxygen atoms in total. The second-order valence-electron chi connectivity index (χ2n) is 8.30. The maximum absolute atomic E-state index is 12.9. The number of hydrogen-bond donors (Lipinski definition) is 0. The number of carbonyl (C=O) groups is 1. The van der Waals surface area contributed by atoms with Crippen molar-refractivity contribution < 1.29 is 13.9 Å². The summed E-state index contributed by atoms with van der Waals surface area (Å²) in [6.45, 7) is 9.82. The van der Waals surface area contributed by atoms with Crippen molar-refractivity contribution in [3.8, 4) is 16.9 Å². The average Bonchev–Trinajstić information content (AvgIpc) is 3.20. The number of ether oxygens (including phenoxy) is 1. The van der Waals surface area contributed by atoms with E-state index in [2.05, 4.69) is 46.1 Å². The number of furan rings is 1. The van der Waals surface area contributed by atoms with Crippen LogP contribution < -0.4 is 4.74 Å². The van der Waals surface area contributed by atoms with Gasteiger partial charge in [0.2, 0.25) is 5.91 Å². The molecule has 32 heavy (non-hydrogen) atoms. The molecule has 1 fully saturated rings. The summed E-state index contributed by atoms with van der Waals surface area (Å²) < 4.78 is 13.0. The zero-order valence-electron chi connectivity index (χ0n) is 19.1. The van der Waals surface area contributed by atoms with Crippen molar-refractivity contribution in [2.75, 3.05) is 39.8 Å². The SMILES string of the molecule is CCOc1c(/C(C)=C/C(=O)N2CCN(C)CC2)cc2c(-c3ccc(Br)cc3)coc2c1C. The maximum Gasteiger partial charge on any atom is 0.246 e. The van der Waals surface area contributed by atoms with Crippen molar-refractivity contribution in [1.82, 2.24) is 9.80 Å². The fourth-order valence-electron chi connectivity index (χ4n) is 4.17. The third-order valence-corrected chi connectivity index (χ3v) is 6.60. The van der Waals surface area contributed by atoms with Gasteiger partial charge in [0, 0.05) is 58.8 Å². The normalized spacial score (nSPS) is 15.4. The van der Waals surface area contributed by atoms with Gasteiger partial charge in [0.05, 0.1) is 12.9 Å². The molecule has 2 aromatic carbocycles. The van der Waals surface area contributed by atoms with Gasteiger partial charge in [0.1, 0.15) is 11.3 Å². The van der Waals surface area contributed by atoms with Crippen LogP contribution in [0.2, 0.25) is 0 Å². The smallest absolute Gasteiger partial charge is 0.246 e. The summed E-state index contributed by atoms with van der Waals surface area (Å²) in [6, 6.07) is 10.3. The van der Waals surface area contributed by atoms with E-state index in [0.717, 1.165) is 75.2 Å². The lowest BCUT2D eigenvalue weighted by Gasteiger charge is -2.31. The molecule has 3 aromatic rings. The van der Waals surface area contributed by atoms with Gasteiger partial charge in [0.25, 0.3) is 0 Å². The fraction of sp³-hybridized carbons (Fsp3) is 0.346. The molecule has 1 aliphatic heterocycles. The van der Waals surface area contributed by atoms with Crippen LogP contribution in [0.15, 0.2) is 51.6 Å². The van der Waals surface area contributed by atoms with Crippen molar-refractivity contribution in [3.63, 3.8) is 0 Å². The molecule has 4 rings (SSSR count). The molecule has 2 heterocycles. The van der Waals surface area contributed by atoms with Gasteiger partial charge in [-0.05, 0) is 57.2 Å². The van der Waals surface area contributed by atoms with E-state index in [1.54, 1.807) is 12.3 Å². The molecular weight excluding hydrogens is 468 g/mol. The van der Waals surface area contributed by atoms with Gasteiger partial charge < -0.3 is 19.0 Å². The van der Waals surface area contributed by atoms with Gasteiger partial charge in [-0.2, -0.15) is 0 Å². The Labute approximate surface area is 197 Å². The van der Waals surface area contributed by atoms with Crippen LogP contribution in [0.1, 0.15) is 25.0 Å². The van der Waals surface area contributed by atoms with Crippen molar-refractivity contribution in [2.45, 2.75) is 20.8 Å². The highest BCUT2D eigenvalue weighted by Crippen LogP contribution is 2.41. The molecule has 168 valence electrons. The Balaban J connectivity index is 1.78. The highest BCUT2D eigenvalue weighted by Gasteiger charge is 2.21. The lowest BCUT2D eigenvalue weighted by Crippen LogP contribution is -2.46. The molecule has 0 N–H and O–H groups in total. The lowest BCUT2D eigenvalue weighted by molar-refractivity contribution is -0.127.